The summed E-state index contributed by atoms with van der Waals surface area (Å²) in [6, 6.07) is 0. The molecule has 1 heterocycles. The van der Waals surface area contributed by atoms with Crippen LogP contribution in [0, 0.1) is 6.92 Å². The van der Waals surface area contributed by atoms with E-state index in [-0.39, 0.29) is 5.95 Å². The first-order valence-electron chi connectivity index (χ1n) is 4.53. The van der Waals surface area contributed by atoms with E-state index in [0.29, 0.717) is 5.82 Å². The Kier molecular flexibility index (Phi) is 3.06. The Morgan fingerprint density at radius 1 is 1.23 bits per heavy atom. The minimum Gasteiger partial charge on any atom is -0.383 e. The molecule has 4 N–H and O–H groups in total. The lowest BCUT2D eigenvalue weighted by Crippen LogP contribution is -2.06. The van der Waals surface area contributed by atoms with Crippen LogP contribution in [0.15, 0.2) is 0 Å². The van der Waals surface area contributed by atoms with Crippen molar-refractivity contribution in [2.75, 3.05) is 11.5 Å². The number of aryl methyl sites for hydroxylation is 1. The average Bonchev–Trinajstić information content (AvgIpc) is 2.02. The fraction of sp³-hybridized carbons (Fsp3) is 0.556. The van der Waals surface area contributed by atoms with Gasteiger partial charge in [-0.15, -0.1) is 0 Å². The van der Waals surface area contributed by atoms with Crippen LogP contribution in [0.3, 0.4) is 0 Å². The summed E-state index contributed by atoms with van der Waals surface area (Å²) in [6.07, 6.45) is 3.19. The normalized spacial score (nSPS) is 10.3. The Bertz CT molecular complexity index is 273. The second-order valence-electron chi connectivity index (χ2n) is 3.13. The molecular formula is C9H16N4. The molecule has 0 aromatic carbocycles. The summed E-state index contributed by atoms with van der Waals surface area (Å²) in [5.41, 5.74) is 13.1. The second-order valence-corrected chi connectivity index (χ2v) is 3.13. The van der Waals surface area contributed by atoms with Crippen LogP contribution in [0.4, 0.5) is 11.8 Å². The lowest BCUT2D eigenvalue weighted by Gasteiger charge is -2.07. The molecule has 0 atom stereocenters. The standard InChI is InChI=1S/C9H16N4/c1-3-4-5-7-6(2)12-9(11)13-8(7)10/h3-5H2,1-2H3,(H4,10,11,12,13). The fourth-order valence-electron chi connectivity index (χ4n) is 1.30. The summed E-state index contributed by atoms with van der Waals surface area (Å²) in [4.78, 5) is 8.01. The van der Waals surface area contributed by atoms with Crippen molar-refractivity contribution in [3.63, 3.8) is 0 Å². The maximum Gasteiger partial charge on any atom is 0.222 e. The maximum absolute atomic E-state index is 5.73. The van der Waals surface area contributed by atoms with Gasteiger partial charge in [0, 0.05) is 11.3 Å². The van der Waals surface area contributed by atoms with Crippen LogP contribution in [0.2, 0.25) is 0 Å². The summed E-state index contributed by atoms with van der Waals surface area (Å²) < 4.78 is 0. The molecular weight excluding hydrogens is 164 g/mol. The molecule has 0 fully saturated rings. The highest BCUT2D eigenvalue weighted by molar-refractivity contribution is 5.45. The van der Waals surface area contributed by atoms with E-state index in [1.807, 2.05) is 6.92 Å². The zero-order valence-corrected chi connectivity index (χ0v) is 8.17. The molecule has 72 valence electrons. The van der Waals surface area contributed by atoms with Crippen LogP contribution >= 0.6 is 0 Å². The topological polar surface area (TPSA) is 77.8 Å². The first-order valence-corrected chi connectivity index (χ1v) is 4.53. The zero-order chi connectivity index (χ0) is 9.84. The third-order valence-corrected chi connectivity index (χ3v) is 2.04. The smallest absolute Gasteiger partial charge is 0.222 e. The van der Waals surface area contributed by atoms with Crippen LogP contribution in [0.5, 0.6) is 0 Å². The van der Waals surface area contributed by atoms with Gasteiger partial charge < -0.3 is 11.5 Å². The Balaban J connectivity index is 2.92. The van der Waals surface area contributed by atoms with Gasteiger partial charge in [0.05, 0.1) is 0 Å². The minimum atomic E-state index is 0.259. The zero-order valence-electron chi connectivity index (χ0n) is 8.17. The van der Waals surface area contributed by atoms with Gasteiger partial charge >= 0.3 is 0 Å². The Hall–Kier alpha value is -1.32. The SMILES string of the molecule is CCCCc1c(C)nc(N)nc1N. The lowest BCUT2D eigenvalue weighted by molar-refractivity contribution is 0.784. The molecule has 0 aliphatic heterocycles. The number of anilines is 2. The van der Waals surface area contributed by atoms with Crippen molar-refractivity contribution in [2.24, 2.45) is 0 Å². The highest BCUT2D eigenvalue weighted by atomic mass is 15.0. The summed E-state index contributed by atoms with van der Waals surface area (Å²) in [6.45, 7) is 4.06. The van der Waals surface area contributed by atoms with E-state index >= 15 is 0 Å². The molecule has 1 rings (SSSR count). The number of unbranched alkanes of at least 4 members (excludes halogenated alkanes) is 1. The highest BCUT2D eigenvalue weighted by Crippen LogP contribution is 2.16. The first-order chi connectivity index (χ1) is 6.15. The monoisotopic (exact) mass is 180 g/mol. The van der Waals surface area contributed by atoms with E-state index < -0.39 is 0 Å². The van der Waals surface area contributed by atoms with E-state index in [1.54, 1.807) is 0 Å². The average molecular weight is 180 g/mol. The van der Waals surface area contributed by atoms with E-state index in [4.69, 9.17) is 11.5 Å². The molecule has 1 aromatic heterocycles. The van der Waals surface area contributed by atoms with Crippen molar-refractivity contribution < 1.29 is 0 Å². The van der Waals surface area contributed by atoms with Gasteiger partial charge in [-0.1, -0.05) is 13.3 Å². The van der Waals surface area contributed by atoms with E-state index in [2.05, 4.69) is 16.9 Å². The van der Waals surface area contributed by atoms with Crippen molar-refractivity contribution in [1.82, 2.24) is 9.97 Å². The van der Waals surface area contributed by atoms with E-state index in [0.717, 1.165) is 30.5 Å². The molecule has 1 aromatic rings. The largest absolute Gasteiger partial charge is 0.383 e. The third kappa shape index (κ3) is 2.31. The van der Waals surface area contributed by atoms with Crippen molar-refractivity contribution in [2.45, 2.75) is 33.1 Å². The number of nitrogens with zero attached hydrogens (tertiary/aromatic N) is 2. The van der Waals surface area contributed by atoms with Crippen LogP contribution in [0.1, 0.15) is 31.0 Å². The number of nitrogens with two attached hydrogens (primary N) is 2. The van der Waals surface area contributed by atoms with Crippen LogP contribution in [0.25, 0.3) is 0 Å². The number of aromatic nitrogens is 2. The summed E-state index contributed by atoms with van der Waals surface area (Å²) in [5, 5.41) is 0. The molecule has 0 saturated heterocycles. The lowest BCUT2D eigenvalue weighted by atomic mass is 10.1. The van der Waals surface area contributed by atoms with E-state index in [1.165, 1.54) is 0 Å². The molecule has 0 saturated carbocycles. The van der Waals surface area contributed by atoms with Gasteiger partial charge in [0.15, 0.2) is 0 Å². The number of hydrogen-bond acceptors (Lipinski definition) is 4. The van der Waals surface area contributed by atoms with Gasteiger partial charge in [-0.25, -0.2) is 4.98 Å². The molecule has 0 spiro atoms. The molecule has 0 unspecified atom stereocenters. The Labute approximate surface area is 78.4 Å². The van der Waals surface area contributed by atoms with E-state index in [9.17, 15) is 0 Å². The fourth-order valence-corrected chi connectivity index (χ4v) is 1.30. The number of rotatable bonds is 3. The molecule has 13 heavy (non-hydrogen) atoms. The van der Waals surface area contributed by atoms with Gasteiger partial charge in [0.25, 0.3) is 0 Å². The van der Waals surface area contributed by atoms with Crippen molar-refractivity contribution >= 4 is 11.8 Å². The summed E-state index contributed by atoms with van der Waals surface area (Å²) >= 11 is 0. The Morgan fingerprint density at radius 3 is 2.46 bits per heavy atom. The van der Waals surface area contributed by atoms with Crippen LogP contribution < -0.4 is 11.5 Å². The highest BCUT2D eigenvalue weighted by Gasteiger charge is 2.06. The van der Waals surface area contributed by atoms with Crippen molar-refractivity contribution in [3.8, 4) is 0 Å². The molecule has 4 heteroatoms. The van der Waals surface area contributed by atoms with Crippen LogP contribution in [-0.4, -0.2) is 9.97 Å². The predicted octanol–water partition coefficient (Wildman–Crippen LogP) is 1.29. The third-order valence-electron chi connectivity index (χ3n) is 2.04. The minimum absolute atomic E-state index is 0.259. The first kappa shape index (κ1) is 9.77. The number of nitrogen functional groups attached to an aromatic ring is 2. The van der Waals surface area contributed by atoms with Gasteiger partial charge in [0.1, 0.15) is 5.82 Å². The quantitative estimate of drug-likeness (QED) is 0.734. The molecule has 0 amide bonds. The summed E-state index contributed by atoms with van der Waals surface area (Å²) in [7, 11) is 0. The second kappa shape index (κ2) is 4.07. The van der Waals surface area contributed by atoms with Crippen molar-refractivity contribution in [1.29, 1.82) is 0 Å². The molecule has 0 bridgehead atoms. The molecule has 0 aliphatic carbocycles. The maximum atomic E-state index is 5.73. The summed E-state index contributed by atoms with van der Waals surface area (Å²) in [5.74, 6) is 0.786. The molecule has 4 nitrogen and oxygen atoms in total. The number of hydrogen-bond donors (Lipinski definition) is 2. The van der Waals surface area contributed by atoms with Gasteiger partial charge in [-0.05, 0) is 19.8 Å². The molecule has 0 aliphatic rings. The van der Waals surface area contributed by atoms with Crippen molar-refractivity contribution in [3.05, 3.63) is 11.3 Å². The van der Waals surface area contributed by atoms with Gasteiger partial charge in [0.2, 0.25) is 5.95 Å². The van der Waals surface area contributed by atoms with Crippen LogP contribution in [-0.2, 0) is 6.42 Å². The molecule has 0 radical (unpaired) electrons. The van der Waals surface area contributed by atoms with Gasteiger partial charge in [-0.2, -0.15) is 4.98 Å². The van der Waals surface area contributed by atoms with Gasteiger partial charge in [-0.3, -0.25) is 0 Å². The predicted molar refractivity (Wildman–Crippen MR) is 54.2 cm³/mol. The Morgan fingerprint density at radius 2 is 1.92 bits per heavy atom.